The van der Waals surface area contributed by atoms with E-state index in [1.165, 1.54) is 32.3 Å². The van der Waals surface area contributed by atoms with Gasteiger partial charge in [-0.1, -0.05) is 102 Å². The smallest absolute Gasteiger partial charge is 0.0647 e. The first-order chi connectivity index (χ1) is 14.0. The Bertz CT molecular complexity index is 1020. The van der Waals surface area contributed by atoms with Crippen molar-refractivity contribution in [3.05, 3.63) is 113 Å². The van der Waals surface area contributed by atoms with E-state index >= 15 is 0 Å². The normalized spacial score (nSPS) is 15.3. The fraction of sp³-hybridized carbons (Fsp3) is 0.214. The van der Waals surface area contributed by atoms with E-state index < -0.39 is 8.07 Å². The van der Waals surface area contributed by atoms with Crippen LogP contribution in [0.15, 0.2) is 107 Å². The van der Waals surface area contributed by atoms with E-state index in [1.807, 2.05) is 0 Å². The molecule has 4 rings (SSSR count). The highest BCUT2D eigenvalue weighted by atomic mass is 28.3. The molecule has 1 aliphatic carbocycles. The average molecular weight is 395 g/mol. The van der Waals surface area contributed by atoms with Crippen molar-refractivity contribution in [3.63, 3.8) is 0 Å². The Morgan fingerprint density at radius 2 is 0.931 bits per heavy atom. The van der Waals surface area contributed by atoms with Gasteiger partial charge in [0, 0.05) is 5.54 Å². The Kier molecular flexibility index (Phi) is 5.18. The van der Waals surface area contributed by atoms with Crippen molar-refractivity contribution >= 4 is 23.6 Å². The zero-order valence-corrected chi connectivity index (χ0v) is 19.2. The molecule has 3 aromatic carbocycles. The van der Waals surface area contributed by atoms with Crippen LogP contribution in [0.1, 0.15) is 33.3 Å². The molecule has 0 unspecified atom stereocenters. The van der Waals surface area contributed by atoms with Crippen molar-refractivity contribution in [3.8, 4) is 0 Å². The summed E-state index contributed by atoms with van der Waals surface area (Å²) in [6.45, 7) is 11.6. The van der Waals surface area contributed by atoms with Crippen molar-refractivity contribution in [2.45, 2.75) is 40.2 Å². The van der Waals surface area contributed by atoms with Crippen LogP contribution in [0.25, 0.3) is 0 Å². The minimum absolute atomic E-state index is 0.438. The van der Waals surface area contributed by atoms with Crippen LogP contribution in [-0.4, -0.2) is 8.07 Å². The molecule has 0 heterocycles. The van der Waals surface area contributed by atoms with Crippen LogP contribution in [0.2, 0.25) is 5.54 Å². The van der Waals surface area contributed by atoms with E-state index in [4.69, 9.17) is 0 Å². The minimum atomic E-state index is -2.36. The SMILES string of the molecule is CC1=C(C)C([Si](c2ccccc2)(c2ccccc2)c2ccccc2C)C(C)=C1C. The van der Waals surface area contributed by atoms with Crippen LogP contribution in [0.3, 0.4) is 0 Å². The fourth-order valence-corrected chi connectivity index (χ4v) is 11.5. The molecule has 0 N–H and O–H groups in total. The third kappa shape index (κ3) is 2.96. The standard InChI is InChI=1S/C28H30Si/c1-20-14-12-13-19-27(20)29(25-15-8-6-9-16-25,26-17-10-7-11-18-26)28-23(4)21(2)22(3)24(28)5/h6-19,28H,1-5H3. The predicted molar refractivity (Wildman–Crippen MR) is 129 cm³/mol. The molecule has 146 valence electrons. The van der Waals surface area contributed by atoms with Gasteiger partial charge in [0.05, 0.1) is 0 Å². The van der Waals surface area contributed by atoms with Crippen molar-refractivity contribution in [2.75, 3.05) is 0 Å². The lowest BCUT2D eigenvalue weighted by molar-refractivity contribution is 1.09. The monoisotopic (exact) mass is 394 g/mol. The maximum atomic E-state index is 2.39. The van der Waals surface area contributed by atoms with Crippen molar-refractivity contribution in [1.29, 1.82) is 0 Å². The fourth-order valence-electron chi connectivity index (χ4n) is 5.38. The van der Waals surface area contributed by atoms with Gasteiger partial charge < -0.3 is 0 Å². The molecule has 0 saturated heterocycles. The first-order valence-electron chi connectivity index (χ1n) is 10.5. The van der Waals surface area contributed by atoms with E-state index in [-0.39, 0.29) is 0 Å². The van der Waals surface area contributed by atoms with E-state index in [2.05, 4.69) is 120 Å². The van der Waals surface area contributed by atoms with Crippen LogP contribution in [0.4, 0.5) is 0 Å². The number of allylic oxidation sites excluding steroid dienone is 4. The number of rotatable bonds is 4. The van der Waals surface area contributed by atoms with E-state index in [1.54, 1.807) is 11.1 Å². The summed E-state index contributed by atoms with van der Waals surface area (Å²) in [4.78, 5) is 0. The van der Waals surface area contributed by atoms with Gasteiger partial charge in [0.15, 0.2) is 8.07 Å². The summed E-state index contributed by atoms with van der Waals surface area (Å²) in [5.41, 5.74) is 7.88. The first-order valence-corrected chi connectivity index (χ1v) is 12.6. The summed E-state index contributed by atoms with van der Waals surface area (Å²) >= 11 is 0. The first kappa shape index (κ1) is 19.7. The second kappa shape index (κ2) is 7.65. The lowest BCUT2D eigenvalue weighted by Gasteiger charge is -2.42. The summed E-state index contributed by atoms with van der Waals surface area (Å²) in [6.07, 6.45) is 0. The quantitative estimate of drug-likeness (QED) is 0.404. The second-order valence-corrected chi connectivity index (χ2v) is 12.3. The molecule has 0 aliphatic heterocycles. The third-order valence-corrected chi connectivity index (χ3v) is 12.7. The molecule has 29 heavy (non-hydrogen) atoms. The number of hydrogen-bond acceptors (Lipinski definition) is 0. The minimum Gasteiger partial charge on any atom is -0.0647 e. The number of benzene rings is 3. The molecule has 0 amide bonds. The zero-order chi connectivity index (χ0) is 20.6. The van der Waals surface area contributed by atoms with Crippen LogP contribution < -0.4 is 15.6 Å². The largest absolute Gasteiger partial charge is 0.159 e. The molecule has 0 aromatic heterocycles. The Labute approximate surface area is 176 Å². The maximum Gasteiger partial charge on any atom is 0.159 e. The number of aryl methyl sites for hydroxylation is 1. The third-order valence-electron chi connectivity index (χ3n) is 7.07. The Morgan fingerprint density at radius 3 is 1.38 bits per heavy atom. The van der Waals surface area contributed by atoms with Crippen molar-refractivity contribution in [2.24, 2.45) is 0 Å². The van der Waals surface area contributed by atoms with Gasteiger partial charge in [-0.15, -0.1) is 0 Å². The van der Waals surface area contributed by atoms with Crippen LogP contribution in [0.5, 0.6) is 0 Å². The van der Waals surface area contributed by atoms with E-state index in [0.29, 0.717) is 5.54 Å². The van der Waals surface area contributed by atoms with Gasteiger partial charge in [0.1, 0.15) is 0 Å². The van der Waals surface area contributed by atoms with Gasteiger partial charge in [-0.2, -0.15) is 0 Å². The van der Waals surface area contributed by atoms with Crippen LogP contribution in [-0.2, 0) is 0 Å². The predicted octanol–water partition coefficient (Wildman–Crippen LogP) is 5.52. The highest BCUT2D eigenvalue weighted by molar-refractivity contribution is 7.13. The summed E-state index contributed by atoms with van der Waals surface area (Å²) in [5, 5.41) is 4.52. The highest BCUT2D eigenvalue weighted by Crippen LogP contribution is 2.46. The lowest BCUT2D eigenvalue weighted by Crippen LogP contribution is -2.70. The molecule has 0 atom stereocenters. The molecule has 0 spiro atoms. The molecule has 0 bridgehead atoms. The van der Waals surface area contributed by atoms with E-state index in [9.17, 15) is 0 Å². The van der Waals surface area contributed by atoms with Gasteiger partial charge in [-0.05, 0) is 61.3 Å². The van der Waals surface area contributed by atoms with Gasteiger partial charge in [0.2, 0.25) is 0 Å². The zero-order valence-electron chi connectivity index (χ0n) is 18.2. The molecule has 1 aliphatic rings. The summed E-state index contributed by atoms with van der Waals surface area (Å²) in [7, 11) is -2.36. The lowest BCUT2D eigenvalue weighted by atomic mass is 10.1. The molecular weight excluding hydrogens is 364 g/mol. The molecule has 1 heteroatoms. The van der Waals surface area contributed by atoms with Crippen LogP contribution in [0, 0.1) is 6.92 Å². The van der Waals surface area contributed by atoms with Gasteiger partial charge in [0.25, 0.3) is 0 Å². The summed E-state index contributed by atoms with van der Waals surface area (Å²) in [6, 6.07) is 31.7. The average Bonchev–Trinajstić information content (AvgIpc) is 2.95. The van der Waals surface area contributed by atoms with Crippen molar-refractivity contribution in [1.82, 2.24) is 0 Å². The number of hydrogen-bond donors (Lipinski definition) is 0. The van der Waals surface area contributed by atoms with Gasteiger partial charge in [-0.3, -0.25) is 0 Å². The van der Waals surface area contributed by atoms with E-state index in [0.717, 1.165) is 0 Å². The molecule has 0 nitrogen and oxygen atoms in total. The Hall–Kier alpha value is -2.64. The Morgan fingerprint density at radius 1 is 0.517 bits per heavy atom. The maximum absolute atomic E-state index is 2.39. The molecule has 0 saturated carbocycles. The molecule has 0 fully saturated rings. The molecule has 3 aromatic rings. The Balaban J connectivity index is 2.19. The summed E-state index contributed by atoms with van der Waals surface area (Å²) < 4.78 is 0. The second-order valence-electron chi connectivity index (χ2n) is 8.40. The molecular formula is C28H30Si. The molecule has 0 radical (unpaired) electrons. The van der Waals surface area contributed by atoms with Crippen LogP contribution >= 0.6 is 0 Å². The summed E-state index contributed by atoms with van der Waals surface area (Å²) in [5.74, 6) is 0. The van der Waals surface area contributed by atoms with Gasteiger partial charge in [-0.25, -0.2) is 0 Å². The highest BCUT2D eigenvalue weighted by Gasteiger charge is 2.50. The topological polar surface area (TPSA) is 0 Å². The van der Waals surface area contributed by atoms with Gasteiger partial charge >= 0.3 is 0 Å². The van der Waals surface area contributed by atoms with Crippen molar-refractivity contribution < 1.29 is 0 Å².